The summed E-state index contributed by atoms with van der Waals surface area (Å²) in [6.07, 6.45) is 0. The smallest absolute Gasteiger partial charge is 0.125 e. The molecule has 0 unspecified atom stereocenters. The number of pyridine rings is 1. The molecule has 0 bridgehead atoms. The molecule has 112 valence electrons. The Kier molecular flexibility index (Phi) is 3.96. The molecule has 4 N–H and O–H groups in total. The van der Waals surface area contributed by atoms with Crippen molar-refractivity contribution in [2.75, 3.05) is 5.73 Å². The summed E-state index contributed by atoms with van der Waals surface area (Å²) in [4.78, 5) is 4.30. The SMILES string of the molecule is C=C(NO)c1cccc(C#Cc2cc(N)nc3ccccc23)c1. The van der Waals surface area contributed by atoms with Gasteiger partial charge in [0.25, 0.3) is 0 Å². The first-order valence-corrected chi connectivity index (χ1v) is 7.04. The van der Waals surface area contributed by atoms with E-state index >= 15 is 0 Å². The molecule has 3 aromatic rings. The molecule has 2 aromatic carbocycles. The van der Waals surface area contributed by atoms with Crippen molar-refractivity contribution in [1.29, 1.82) is 0 Å². The molecule has 4 heteroatoms. The highest BCUT2D eigenvalue weighted by molar-refractivity contribution is 5.86. The lowest BCUT2D eigenvalue weighted by Crippen LogP contribution is -2.03. The number of nitrogens with one attached hydrogen (secondary N) is 1. The van der Waals surface area contributed by atoms with Gasteiger partial charge >= 0.3 is 0 Å². The minimum Gasteiger partial charge on any atom is -0.384 e. The molecule has 1 aromatic heterocycles. The van der Waals surface area contributed by atoms with Crippen LogP contribution >= 0.6 is 0 Å². The molecule has 3 rings (SSSR count). The molecular weight excluding hydrogens is 286 g/mol. The highest BCUT2D eigenvalue weighted by Crippen LogP contribution is 2.18. The van der Waals surface area contributed by atoms with Crippen LogP contribution < -0.4 is 11.2 Å². The zero-order chi connectivity index (χ0) is 16.2. The van der Waals surface area contributed by atoms with Crippen molar-refractivity contribution in [3.8, 4) is 11.8 Å². The minimum atomic E-state index is 0.423. The number of fused-ring (bicyclic) bond motifs is 1. The zero-order valence-electron chi connectivity index (χ0n) is 12.4. The number of nitrogens with zero attached hydrogens (tertiary/aromatic N) is 1. The molecule has 0 fully saturated rings. The molecule has 0 saturated carbocycles. The maximum absolute atomic E-state index is 8.93. The number of hydrogen-bond acceptors (Lipinski definition) is 4. The Morgan fingerprint density at radius 1 is 1.09 bits per heavy atom. The van der Waals surface area contributed by atoms with E-state index in [0.29, 0.717) is 11.5 Å². The van der Waals surface area contributed by atoms with Gasteiger partial charge in [-0.2, -0.15) is 0 Å². The van der Waals surface area contributed by atoms with Crippen LogP contribution in [0, 0.1) is 11.8 Å². The average molecular weight is 301 g/mol. The van der Waals surface area contributed by atoms with Gasteiger partial charge in [-0.15, -0.1) is 0 Å². The molecule has 0 radical (unpaired) electrons. The maximum Gasteiger partial charge on any atom is 0.125 e. The molecule has 0 amide bonds. The van der Waals surface area contributed by atoms with Gasteiger partial charge in [0.15, 0.2) is 0 Å². The van der Waals surface area contributed by atoms with Crippen LogP contribution in [-0.4, -0.2) is 10.2 Å². The Balaban J connectivity index is 2.04. The van der Waals surface area contributed by atoms with Gasteiger partial charge in [0.1, 0.15) is 5.82 Å². The Hall–Kier alpha value is -3.29. The fourth-order valence-corrected chi connectivity index (χ4v) is 2.29. The number of anilines is 1. The lowest BCUT2D eigenvalue weighted by Gasteiger charge is -2.04. The molecule has 0 aliphatic heterocycles. The Bertz CT molecular complexity index is 951. The van der Waals surface area contributed by atoms with Gasteiger partial charge in [-0.3, -0.25) is 10.7 Å². The third-order valence-corrected chi connectivity index (χ3v) is 3.42. The standard InChI is InChI=1S/C19H15N3O/c1-13(22-23)15-6-4-5-14(11-15)9-10-16-12-19(20)21-18-8-3-2-7-17(16)18/h2-8,11-12,22-23H,1H2,(H2,20,21). The van der Waals surface area contributed by atoms with Crippen molar-refractivity contribution >= 4 is 22.4 Å². The van der Waals surface area contributed by atoms with Gasteiger partial charge in [0.2, 0.25) is 0 Å². The van der Waals surface area contributed by atoms with Crippen molar-refractivity contribution in [3.05, 3.63) is 77.9 Å². The van der Waals surface area contributed by atoms with Crippen molar-refractivity contribution in [2.24, 2.45) is 0 Å². The summed E-state index contributed by atoms with van der Waals surface area (Å²) >= 11 is 0. The summed E-state index contributed by atoms with van der Waals surface area (Å²) in [6, 6.07) is 17.0. The number of rotatable bonds is 2. The summed E-state index contributed by atoms with van der Waals surface area (Å²) < 4.78 is 0. The van der Waals surface area contributed by atoms with Gasteiger partial charge < -0.3 is 5.73 Å². The molecule has 0 aliphatic carbocycles. The number of benzene rings is 2. The highest BCUT2D eigenvalue weighted by Gasteiger charge is 2.02. The van der Waals surface area contributed by atoms with Crippen LogP contribution in [0.2, 0.25) is 0 Å². The van der Waals surface area contributed by atoms with Crippen LogP contribution in [0.15, 0.2) is 61.2 Å². The first-order chi connectivity index (χ1) is 11.2. The number of nitrogens with two attached hydrogens (primary N) is 1. The van der Waals surface area contributed by atoms with Crippen LogP contribution in [0.3, 0.4) is 0 Å². The molecule has 0 saturated heterocycles. The monoisotopic (exact) mass is 301 g/mol. The minimum absolute atomic E-state index is 0.423. The van der Waals surface area contributed by atoms with Crippen molar-refractivity contribution < 1.29 is 5.21 Å². The Labute approximate surface area is 134 Å². The zero-order valence-corrected chi connectivity index (χ0v) is 12.4. The van der Waals surface area contributed by atoms with E-state index in [1.165, 1.54) is 0 Å². The number of aromatic nitrogens is 1. The molecule has 0 aliphatic rings. The summed E-state index contributed by atoms with van der Waals surface area (Å²) in [5.74, 6) is 6.71. The summed E-state index contributed by atoms with van der Waals surface area (Å²) in [6.45, 7) is 3.72. The molecule has 0 spiro atoms. The number of nitrogen functional groups attached to an aromatic ring is 1. The van der Waals surface area contributed by atoms with E-state index in [9.17, 15) is 0 Å². The van der Waals surface area contributed by atoms with Gasteiger partial charge in [-0.05, 0) is 24.3 Å². The predicted molar refractivity (Wildman–Crippen MR) is 92.5 cm³/mol. The van der Waals surface area contributed by atoms with Crippen LogP contribution in [0.25, 0.3) is 16.6 Å². The van der Waals surface area contributed by atoms with E-state index in [-0.39, 0.29) is 0 Å². The third kappa shape index (κ3) is 3.15. The summed E-state index contributed by atoms with van der Waals surface area (Å²) in [5, 5.41) is 9.89. The molecule has 0 atom stereocenters. The molecule has 4 nitrogen and oxygen atoms in total. The Morgan fingerprint density at radius 2 is 1.91 bits per heavy atom. The van der Waals surface area contributed by atoms with Gasteiger partial charge in [-0.1, -0.05) is 48.8 Å². The van der Waals surface area contributed by atoms with E-state index in [0.717, 1.165) is 27.6 Å². The van der Waals surface area contributed by atoms with E-state index in [2.05, 4.69) is 23.4 Å². The maximum atomic E-state index is 8.93. The van der Waals surface area contributed by atoms with E-state index in [4.69, 9.17) is 10.9 Å². The predicted octanol–water partition coefficient (Wildman–Crippen LogP) is 3.17. The summed E-state index contributed by atoms with van der Waals surface area (Å²) in [7, 11) is 0. The molecular formula is C19H15N3O. The molecule has 1 heterocycles. The topological polar surface area (TPSA) is 71.2 Å². The number of hydroxylamine groups is 1. The van der Waals surface area contributed by atoms with Gasteiger partial charge in [-0.25, -0.2) is 4.98 Å². The molecule has 23 heavy (non-hydrogen) atoms. The second kappa shape index (κ2) is 6.22. The number of hydrogen-bond donors (Lipinski definition) is 3. The van der Waals surface area contributed by atoms with E-state index in [1.807, 2.05) is 54.0 Å². The fraction of sp³-hybridized carbons (Fsp3) is 0. The quantitative estimate of drug-likeness (QED) is 0.502. The number of para-hydroxylation sites is 1. The normalized spacial score (nSPS) is 9.96. The van der Waals surface area contributed by atoms with E-state index in [1.54, 1.807) is 6.07 Å². The lowest BCUT2D eigenvalue weighted by molar-refractivity contribution is 0.225. The van der Waals surface area contributed by atoms with Crippen LogP contribution in [-0.2, 0) is 0 Å². The first kappa shape index (κ1) is 14.6. The average Bonchev–Trinajstić information content (AvgIpc) is 2.59. The van der Waals surface area contributed by atoms with Crippen molar-refractivity contribution in [2.45, 2.75) is 0 Å². The third-order valence-electron chi connectivity index (χ3n) is 3.42. The first-order valence-electron chi connectivity index (χ1n) is 7.04. The summed E-state index contributed by atoms with van der Waals surface area (Å²) in [5.41, 5.74) is 11.6. The second-order valence-corrected chi connectivity index (χ2v) is 5.03. The van der Waals surface area contributed by atoms with E-state index < -0.39 is 0 Å². The van der Waals surface area contributed by atoms with Crippen LogP contribution in [0.4, 0.5) is 5.82 Å². The van der Waals surface area contributed by atoms with Crippen LogP contribution in [0.5, 0.6) is 0 Å². The van der Waals surface area contributed by atoms with Crippen molar-refractivity contribution in [1.82, 2.24) is 10.5 Å². The van der Waals surface area contributed by atoms with Crippen LogP contribution in [0.1, 0.15) is 16.7 Å². The second-order valence-electron chi connectivity index (χ2n) is 5.03. The fourth-order valence-electron chi connectivity index (χ4n) is 2.29. The van der Waals surface area contributed by atoms with Gasteiger partial charge in [0.05, 0.1) is 11.2 Å². The largest absolute Gasteiger partial charge is 0.384 e. The van der Waals surface area contributed by atoms with Crippen molar-refractivity contribution in [3.63, 3.8) is 0 Å². The van der Waals surface area contributed by atoms with Gasteiger partial charge in [0, 0.05) is 22.1 Å². The lowest BCUT2D eigenvalue weighted by atomic mass is 10.1. The highest BCUT2D eigenvalue weighted by atomic mass is 16.5. The Morgan fingerprint density at radius 3 is 2.74 bits per heavy atom.